The summed E-state index contributed by atoms with van der Waals surface area (Å²) >= 11 is 13.9. The van der Waals surface area contributed by atoms with Crippen LogP contribution in [-0.4, -0.2) is 33.8 Å². The molecular formula is C11H15Cl2N3S. The Kier molecular flexibility index (Phi) is 4.06. The highest BCUT2D eigenvalue weighted by Crippen LogP contribution is 2.34. The van der Waals surface area contributed by atoms with Crippen LogP contribution in [-0.2, 0) is 0 Å². The smallest absolute Gasteiger partial charge is 0.175 e. The minimum atomic E-state index is 0.325. The molecule has 1 aromatic heterocycles. The number of anilines is 1. The maximum atomic E-state index is 6.07. The lowest BCUT2D eigenvalue weighted by Gasteiger charge is -2.24. The van der Waals surface area contributed by atoms with Crippen LogP contribution in [0, 0.1) is 0 Å². The van der Waals surface area contributed by atoms with Gasteiger partial charge in [0.2, 0.25) is 0 Å². The van der Waals surface area contributed by atoms with Crippen molar-refractivity contribution in [2.24, 2.45) is 0 Å². The Bertz CT molecular complexity index is 412. The second-order valence-corrected chi connectivity index (χ2v) is 7.24. The van der Waals surface area contributed by atoms with Crippen molar-refractivity contribution in [2.75, 3.05) is 23.7 Å². The Morgan fingerprint density at radius 1 is 1.29 bits per heavy atom. The van der Waals surface area contributed by atoms with Gasteiger partial charge in [-0.15, -0.1) is 10.2 Å². The number of aromatic nitrogens is 2. The summed E-state index contributed by atoms with van der Waals surface area (Å²) in [6.45, 7) is 6.50. The van der Waals surface area contributed by atoms with E-state index in [-0.39, 0.29) is 0 Å². The molecule has 0 unspecified atom stereocenters. The average Bonchev–Trinajstić information content (AvgIpc) is 2.43. The van der Waals surface area contributed by atoms with Gasteiger partial charge < -0.3 is 4.90 Å². The van der Waals surface area contributed by atoms with Gasteiger partial charge in [-0.25, -0.2) is 0 Å². The molecule has 0 N–H and O–H groups in total. The highest BCUT2D eigenvalue weighted by molar-refractivity contribution is 8.00. The summed E-state index contributed by atoms with van der Waals surface area (Å²) in [7, 11) is 0. The minimum absolute atomic E-state index is 0.325. The lowest BCUT2D eigenvalue weighted by molar-refractivity contribution is 0.637. The predicted molar refractivity (Wildman–Crippen MR) is 75.4 cm³/mol. The Morgan fingerprint density at radius 3 is 2.82 bits per heavy atom. The minimum Gasteiger partial charge on any atom is -0.368 e. The average molecular weight is 292 g/mol. The molecule has 1 saturated heterocycles. The highest BCUT2D eigenvalue weighted by Gasteiger charge is 2.25. The van der Waals surface area contributed by atoms with E-state index in [9.17, 15) is 0 Å². The third-order valence-electron chi connectivity index (χ3n) is 2.88. The van der Waals surface area contributed by atoms with E-state index in [0.29, 0.717) is 15.1 Å². The third-order valence-corrected chi connectivity index (χ3v) is 4.71. The van der Waals surface area contributed by atoms with Gasteiger partial charge in [0.1, 0.15) is 0 Å². The molecule has 1 aliphatic rings. The first kappa shape index (κ1) is 13.2. The SMILES string of the molecule is CC1(C)CCN(c2cc(Cl)nnc2Cl)CCS1. The zero-order valence-electron chi connectivity index (χ0n) is 9.91. The van der Waals surface area contributed by atoms with E-state index in [1.165, 1.54) is 0 Å². The molecule has 2 rings (SSSR count). The topological polar surface area (TPSA) is 29.0 Å². The second-order valence-electron chi connectivity index (χ2n) is 4.69. The van der Waals surface area contributed by atoms with Gasteiger partial charge in [0, 0.05) is 29.7 Å². The lowest BCUT2D eigenvalue weighted by atomic mass is 10.1. The molecule has 0 radical (unpaired) electrons. The fourth-order valence-electron chi connectivity index (χ4n) is 1.83. The molecule has 94 valence electrons. The number of hydrogen-bond acceptors (Lipinski definition) is 4. The van der Waals surface area contributed by atoms with Gasteiger partial charge in [-0.2, -0.15) is 11.8 Å². The zero-order chi connectivity index (χ0) is 12.5. The van der Waals surface area contributed by atoms with Crippen molar-refractivity contribution in [3.63, 3.8) is 0 Å². The number of rotatable bonds is 1. The molecule has 1 fully saturated rings. The Labute approximate surface area is 116 Å². The normalized spacial score (nSPS) is 20.1. The second kappa shape index (κ2) is 5.21. The van der Waals surface area contributed by atoms with Crippen LogP contribution in [0.2, 0.25) is 10.3 Å². The quantitative estimate of drug-likeness (QED) is 0.792. The van der Waals surface area contributed by atoms with Gasteiger partial charge in [0.25, 0.3) is 0 Å². The first-order valence-corrected chi connectivity index (χ1v) is 7.30. The first-order valence-electron chi connectivity index (χ1n) is 5.55. The molecule has 0 spiro atoms. The van der Waals surface area contributed by atoms with Crippen molar-refractivity contribution >= 4 is 40.7 Å². The van der Waals surface area contributed by atoms with Gasteiger partial charge in [-0.3, -0.25) is 0 Å². The zero-order valence-corrected chi connectivity index (χ0v) is 12.2. The van der Waals surface area contributed by atoms with Crippen LogP contribution in [0.25, 0.3) is 0 Å². The predicted octanol–water partition coefficient (Wildman–Crippen LogP) is 3.51. The van der Waals surface area contributed by atoms with Crippen LogP contribution in [0.1, 0.15) is 20.3 Å². The maximum Gasteiger partial charge on any atom is 0.175 e. The van der Waals surface area contributed by atoms with Crippen LogP contribution in [0.4, 0.5) is 5.69 Å². The van der Waals surface area contributed by atoms with Crippen molar-refractivity contribution < 1.29 is 0 Å². The Balaban J connectivity index is 2.19. The van der Waals surface area contributed by atoms with E-state index < -0.39 is 0 Å². The molecule has 1 aliphatic heterocycles. The fraction of sp³-hybridized carbons (Fsp3) is 0.636. The van der Waals surface area contributed by atoms with Crippen molar-refractivity contribution in [3.05, 3.63) is 16.4 Å². The molecule has 0 aromatic carbocycles. The standard InChI is InChI=1S/C11H15Cl2N3S/c1-11(2)3-4-16(5-6-17-11)8-7-9(12)14-15-10(8)13/h7H,3-6H2,1-2H3. The van der Waals surface area contributed by atoms with E-state index in [4.69, 9.17) is 23.2 Å². The lowest BCUT2D eigenvalue weighted by Crippen LogP contribution is -2.27. The number of thioether (sulfide) groups is 1. The summed E-state index contributed by atoms with van der Waals surface area (Å²) in [4.78, 5) is 2.24. The number of hydrogen-bond donors (Lipinski definition) is 0. The van der Waals surface area contributed by atoms with E-state index in [1.54, 1.807) is 6.07 Å². The summed E-state index contributed by atoms with van der Waals surface area (Å²) in [6, 6.07) is 1.79. The van der Waals surface area contributed by atoms with Gasteiger partial charge in [-0.1, -0.05) is 37.0 Å². The van der Waals surface area contributed by atoms with Gasteiger partial charge >= 0.3 is 0 Å². The van der Waals surface area contributed by atoms with Crippen LogP contribution in [0.3, 0.4) is 0 Å². The largest absolute Gasteiger partial charge is 0.368 e. The fourth-order valence-corrected chi connectivity index (χ4v) is 3.28. The maximum absolute atomic E-state index is 6.07. The number of nitrogens with zero attached hydrogens (tertiary/aromatic N) is 3. The molecule has 0 aliphatic carbocycles. The van der Waals surface area contributed by atoms with Crippen molar-refractivity contribution in [1.82, 2.24) is 10.2 Å². The molecule has 6 heteroatoms. The molecule has 0 saturated carbocycles. The van der Waals surface area contributed by atoms with E-state index in [1.807, 2.05) is 11.8 Å². The summed E-state index contributed by atoms with van der Waals surface area (Å²) in [5, 5.41) is 8.41. The summed E-state index contributed by atoms with van der Waals surface area (Å²) < 4.78 is 0.325. The van der Waals surface area contributed by atoms with Crippen LogP contribution < -0.4 is 4.90 Å². The molecule has 17 heavy (non-hydrogen) atoms. The molecular weight excluding hydrogens is 277 g/mol. The first-order chi connectivity index (χ1) is 7.98. The molecule has 2 heterocycles. The van der Waals surface area contributed by atoms with E-state index in [2.05, 4.69) is 28.9 Å². The monoisotopic (exact) mass is 291 g/mol. The van der Waals surface area contributed by atoms with E-state index in [0.717, 1.165) is 31.0 Å². The summed E-state index contributed by atoms with van der Waals surface area (Å²) in [5.41, 5.74) is 0.893. The Hall–Kier alpha value is -0.190. The molecule has 3 nitrogen and oxygen atoms in total. The van der Waals surface area contributed by atoms with Gasteiger partial charge in [-0.05, 0) is 6.42 Å². The van der Waals surface area contributed by atoms with Crippen molar-refractivity contribution in [3.8, 4) is 0 Å². The van der Waals surface area contributed by atoms with Crippen molar-refractivity contribution in [1.29, 1.82) is 0 Å². The van der Waals surface area contributed by atoms with Crippen LogP contribution in [0.5, 0.6) is 0 Å². The van der Waals surface area contributed by atoms with Crippen LogP contribution >= 0.6 is 35.0 Å². The highest BCUT2D eigenvalue weighted by atomic mass is 35.5. The third kappa shape index (κ3) is 3.39. The van der Waals surface area contributed by atoms with Crippen molar-refractivity contribution in [2.45, 2.75) is 25.0 Å². The summed E-state index contributed by atoms with van der Waals surface area (Å²) in [5.74, 6) is 1.09. The summed E-state index contributed by atoms with van der Waals surface area (Å²) in [6.07, 6.45) is 1.12. The van der Waals surface area contributed by atoms with E-state index >= 15 is 0 Å². The molecule has 0 atom stereocenters. The molecule has 0 bridgehead atoms. The number of halogens is 2. The Morgan fingerprint density at radius 2 is 2.06 bits per heavy atom. The molecule has 1 aromatic rings. The van der Waals surface area contributed by atoms with Crippen LogP contribution in [0.15, 0.2) is 6.07 Å². The van der Waals surface area contributed by atoms with Gasteiger partial charge in [0.15, 0.2) is 10.3 Å². The molecule has 0 amide bonds. The van der Waals surface area contributed by atoms with Gasteiger partial charge in [0.05, 0.1) is 5.69 Å².